The summed E-state index contributed by atoms with van der Waals surface area (Å²) in [5.74, 6) is 0. The Morgan fingerprint density at radius 3 is 1.59 bits per heavy atom. The van der Waals surface area contributed by atoms with Crippen LogP contribution in [0, 0.1) is 0 Å². The molecule has 6 rings (SSSR count). The largest absolute Gasteiger partial charge is 0.213 e. The van der Waals surface area contributed by atoms with Crippen molar-refractivity contribution in [3.8, 4) is 0 Å². The molecule has 0 amide bonds. The van der Waals surface area contributed by atoms with Crippen LogP contribution in [-0.4, -0.2) is 0 Å². The maximum absolute atomic E-state index is 2.44. The molecular formula is C39H36P2-2. The molecule has 0 N–H and O–H groups in total. The van der Waals surface area contributed by atoms with Crippen molar-refractivity contribution in [2.45, 2.75) is 31.3 Å². The van der Waals surface area contributed by atoms with E-state index in [-0.39, 0.29) is 0 Å². The number of hydrogen-bond acceptors (Lipinski definition) is 0. The lowest BCUT2D eigenvalue weighted by Gasteiger charge is -2.35. The van der Waals surface area contributed by atoms with Gasteiger partial charge >= 0.3 is 0 Å². The molecule has 0 aliphatic heterocycles. The minimum absolute atomic E-state index is 0.442. The first-order valence-corrected chi connectivity index (χ1v) is 17.4. The fraction of sp³-hybridized carbons (Fsp3) is 0.128. The normalized spacial score (nSPS) is 12.1. The second-order valence-corrected chi connectivity index (χ2v) is 15.1. The van der Waals surface area contributed by atoms with Crippen LogP contribution < -0.4 is 26.5 Å². The van der Waals surface area contributed by atoms with Gasteiger partial charge in [-0.2, -0.15) is 23.8 Å². The molecule has 0 aliphatic rings. The van der Waals surface area contributed by atoms with E-state index in [9.17, 15) is 0 Å². The van der Waals surface area contributed by atoms with Gasteiger partial charge in [0, 0.05) is 0 Å². The molecule has 0 spiro atoms. The van der Waals surface area contributed by atoms with Crippen LogP contribution in [0.4, 0.5) is 0 Å². The fourth-order valence-corrected chi connectivity index (χ4v) is 11.4. The van der Waals surface area contributed by atoms with Gasteiger partial charge < -0.3 is 0 Å². The van der Waals surface area contributed by atoms with Crippen LogP contribution in [0.3, 0.4) is 0 Å². The number of benzene rings is 4. The standard InChI is InChI=1S/C39H36P2/c1-5-21-33(22-6-1)40(34-23-7-2-8-24-34)38(30-16-15-20-32-18-13-14-19-32)37-29-17-31-39(37)41(35-25-9-3-10-26-35)36-27-11-4-12-28-36/h1-14,17-19,21-29,31,38H,15-16,20,30H2/q-2/t38-/m1/s1. The quantitative estimate of drug-likeness (QED) is 0.0792. The summed E-state index contributed by atoms with van der Waals surface area (Å²) in [4.78, 5) is 0. The average Bonchev–Trinajstić information content (AvgIpc) is 3.74. The minimum Gasteiger partial charge on any atom is -0.213 e. The molecule has 41 heavy (non-hydrogen) atoms. The number of unbranched alkanes of at least 4 members (excludes halogenated alkanes) is 1. The highest BCUT2D eigenvalue weighted by molar-refractivity contribution is 7.80. The predicted molar refractivity (Wildman–Crippen MR) is 182 cm³/mol. The molecule has 0 saturated heterocycles. The molecule has 0 saturated carbocycles. The van der Waals surface area contributed by atoms with E-state index in [0.717, 1.165) is 6.42 Å². The SMILES string of the molecule is c1ccc(P(c2ccccc2)c2ccc[c-]2[C@@H](CCCCc2ccc[cH-]2)P(c2ccccc2)c2ccccc2)cc1. The van der Waals surface area contributed by atoms with Crippen molar-refractivity contribution in [1.82, 2.24) is 0 Å². The summed E-state index contributed by atoms with van der Waals surface area (Å²) in [5, 5.41) is 7.27. The second kappa shape index (κ2) is 13.9. The first-order valence-electron chi connectivity index (χ1n) is 14.6. The maximum atomic E-state index is 2.44. The van der Waals surface area contributed by atoms with E-state index in [0.29, 0.717) is 5.66 Å². The molecule has 1 atom stereocenters. The molecule has 0 nitrogen and oxygen atoms in total. The van der Waals surface area contributed by atoms with E-state index in [4.69, 9.17) is 0 Å². The maximum Gasteiger partial charge on any atom is -0.0171 e. The molecule has 0 heterocycles. The Hall–Kier alpha value is -3.56. The van der Waals surface area contributed by atoms with Crippen molar-refractivity contribution in [3.05, 3.63) is 175 Å². The van der Waals surface area contributed by atoms with Gasteiger partial charge in [-0.3, -0.25) is 0 Å². The highest BCUT2D eigenvalue weighted by Gasteiger charge is 2.27. The molecule has 204 valence electrons. The van der Waals surface area contributed by atoms with E-state index >= 15 is 0 Å². The zero-order valence-corrected chi connectivity index (χ0v) is 25.2. The third-order valence-corrected chi connectivity index (χ3v) is 13.1. The monoisotopic (exact) mass is 566 g/mol. The Morgan fingerprint density at radius 2 is 1.07 bits per heavy atom. The van der Waals surface area contributed by atoms with Crippen molar-refractivity contribution >= 4 is 42.4 Å². The summed E-state index contributed by atoms with van der Waals surface area (Å²) in [6.45, 7) is 0. The second-order valence-electron chi connectivity index (χ2n) is 10.5. The van der Waals surface area contributed by atoms with E-state index in [2.05, 4.69) is 164 Å². The third kappa shape index (κ3) is 6.68. The molecule has 0 aliphatic carbocycles. The van der Waals surface area contributed by atoms with Crippen molar-refractivity contribution < 1.29 is 0 Å². The lowest BCUT2D eigenvalue weighted by molar-refractivity contribution is 0.670. The van der Waals surface area contributed by atoms with E-state index in [1.807, 2.05) is 0 Å². The first kappa shape index (κ1) is 27.6. The summed E-state index contributed by atoms with van der Waals surface area (Å²) in [6, 6.07) is 60.9. The third-order valence-electron chi connectivity index (χ3n) is 7.76. The van der Waals surface area contributed by atoms with E-state index in [1.54, 1.807) is 0 Å². The zero-order chi connectivity index (χ0) is 27.7. The molecule has 2 heteroatoms. The first-order chi connectivity index (χ1) is 20.4. The molecule has 0 unspecified atom stereocenters. The number of aryl methyl sites for hydroxylation is 1. The number of rotatable bonds is 12. The van der Waals surface area contributed by atoms with E-state index in [1.165, 1.54) is 56.9 Å². The molecule has 0 aromatic heterocycles. The van der Waals surface area contributed by atoms with Gasteiger partial charge in [0.1, 0.15) is 0 Å². The Labute approximate surface area is 248 Å². The zero-order valence-electron chi connectivity index (χ0n) is 23.4. The van der Waals surface area contributed by atoms with Gasteiger partial charge in [0.25, 0.3) is 0 Å². The average molecular weight is 567 g/mol. The predicted octanol–water partition coefficient (Wildman–Crippen LogP) is 8.47. The smallest absolute Gasteiger partial charge is 0.0171 e. The molecule has 0 radical (unpaired) electrons. The van der Waals surface area contributed by atoms with Crippen LogP contribution in [0.5, 0.6) is 0 Å². The summed E-state index contributed by atoms with van der Waals surface area (Å²) in [6.07, 6.45) is 4.77. The van der Waals surface area contributed by atoms with Crippen molar-refractivity contribution in [3.63, 3.8) is 0 Å². The van der Waals surface area contributed by atoms with Crippen molar-refractivity contribution in [2.24, 2.45) is 0 Å². The van der Waals surface area contributed by atoms with Gasteiger partial charge in [-0.15, -0.1) is 10.9 Å². The lowest BCUT2D eigenvalue weighted by Crippen LogP contribution is -2.25. The summed E-state index contributed by atoms with van der Waals surface area (Å²) in [7, 11) is -1.26. The van der Waals surface area contributed by atoms with Crippen LogP contribution in [0.1, 0.15) is 36.0 Å². The van der Waals surface area contributed by atoms with Gasteiger partial charge in [-0.25, -0.2) is 24.3 Å². The van der Waals surface area contributed by atoms with Crippen molar-refractivity contribution in [1.29, 1.82) is 0 Å². The summed E-state index contributed by atoms with van der Waals surface area (Å²) < 4.78 is 0. The molecular weight excluding hydrogens is 530 g/mol. The Kier molecular flexibility index (Phi) is 9.34. The van der Waals surface area contributed by atoms with Crippen LogP contribution >= 0.6 is 15.8 Å². The van der Waals surface area contributed by atoms with Crippen LogP contribution in [-0.2, 0) is 6.42 Å². The number of hydrogen-bond donors (Lipinski definition) is 0. The van der Waals surface area contributed by atoms with E-state index < -0.39 is 15.8 Å². The molecule has 0 fully saturated rings. The Balaban J connectivity index is 1.44. The Bertz CT molecular complexity index is 1490. The topological polar surface area (TPSA) is 0 Å². The summed E-state index contributed by atoms with van der Waals surface area (Å²) in [5.41, 5.74) is 3.44. The molecule has 0 bridgehead atoms. The Morgan fingerprint density at radius 1 is 0.537 bits per heavy atom. The fourth-order valence-electron chi connectivity index (χ4n) is 5.85. The van der Waals surface area contributed by atoms with Gasteiger partial charge in [0.2, 0.25) is 0 Å². The van der Waals surface area contributed by atoms with Gasteiger partial charge in [0.15, 0.2) is 0 Å². The van der Waals surface area contributed by atoms with Gasteiger partial charge in [-0.1, -0.05) is 147 Å². The highest BCUT2D eigenvalue weighted by atomic mass is 31.1. The van der Waals surface area contributed by atoms with Gasteiger partial charge in [0.05, 0.1) is 0 Å². The molecule has 6 aromatic carbocycles. The van der Waals surface area contributed by atoms with Crippen LogP contribution in [0.15, 0.2) is 164 Å². The van der Waals surface area contributed by atoms with Crippen molar-refractivity contribution in [2.75, 3.05) is 0 Å². The van der Waals surface area contributed by atoms with Crippen LogP contribution in [0.25, 0.3) is 0 Å². The summed E-state index contributed by atoms with van der Waals surface area (Å²) >= 11 is 0. The van der Waals surface area contributed by atoms with Crippen LogP contribution in [0.2, 0.25) is 0 Å². The van der Waals surface area contributed by atoms with Gasteiger partial charge in [-0.05, 0) is 42.7 Å². The molecule has 6 aromatic rings. The lowest BCUT2D eigenvalue weighted by atomic mass is 10.1. The minimum atomic E-state index is -0.663. The highest BCUT2D eigenvalue weighted by Crippen LogP contribution is 2.53.